The zero-order valence-electron chi connectivity index (χ0n) is 17.6. The Kier molecular flexibility index (Phi) is 4.64. The Hall–Kier alpha value is -1.63. The van der Waals surface area contributed by atoms with E-state index >= 15 is 0 Å². The number of anilines is 2. The lowest BCUT2D eigenvalue weighted by Gasteiger charge is -2.59. The smallest absolute Gasteiger partial charge is 0.145 e. The van der Waals surface area contributed by atoms with Gasteiger partial charge in [-0.1, -0.05) is 23.7 Å². The second-order valence-electron chi connectivity index (χ2n) is 10.0. The molecule has 1 atom stereocenters. The third-order valence-electron chi connectivity index (χ3n) is 7.89. The maximum absolute atomic E-state index is 12.6. The van der Waals surface area contributed by atoms with Gasteiger partial charge >= 0.3 is 0 Å². The van der Waals surface area contributed by atoms with E-state index < -0.39 is 10.8 Å². The van der Waals surface area contributed by atoms with Crippen LogP contribution in [0.25, 0.3) is 0 Å². The number of nitrogens with zero attached hydrogens (tertiary/aromatic N) is 2. The molecule has 3 fully saturated rings. The Morgan fingerprint density at radius 3 is 2.61 bits per heavy atom. The number of aliphatic hydroxyl groups excluding tert-OH is 1. The molecule has 2 aliphatic heterocycles. The Bertz CT molecular complexity index is 1030. The van der Waals surface area contributed by atoms with Gasteiger partial charge in [-0.25, -0.2) is 4.98 Å². The molecule has 2 aliphatic carbocycles. The molecule has 7 heteroatoms. The lowest BCUT2D eigenvalue weighted by Crippen LogP contribution is -2.62. The first kappa shape index (κ1) is 20.0. The quantitative estimate of drug-likeness (QED) is 0.707. The number of rotatable bonds is 5. The zero-order chi connectivity index (χ0) is 21.2. The van der Waals surface area contributed by atoms with Gasteiger partial charge in [0.1, 0.15) is 11.6 Å². The van der Waals surface area contributed by atoms with E-state index in [1.807, 2.05) is 12.1 Å². The van der Waals surface area contributed by atoms with Gasteiger partial charge in [-0.2, -0.15) is 0 Å². The maximum atomic E-state index is 12.6. The number of halogens is 1. The Morgan fingerprint density at radius 2 is 1.97 bits per heavy atom. The number of pyridine rings is 1. The lowest BCUT2D eigenvalue weighted by molar-refractivity contribution is 0.0627. The van der Waals surface area contributed by atoms with Crippen molar-refractivity contribution < 1.29 is 9.32 Å². The van der Waals surface area contributed by atoms with Crippen molar-refractivity contribution in [2.24, 2.45) is 5.41 Å². The van der Waals surface area contributed by atoms with Crippen LogP contribution in [0.1, 0.15) is 49.1 Å². The van der Waals surface area contributed by atoms with Gasteiger partial charge in [0.05, 0.1) is 27.8 Å². The molecule has 2 saturated carbocycles. The van der Waals surface area contributed by atoms with E-state index in [4.69, 9.17) is 16.6 Å². The van der Waals surface area contributed by atoms with E-state index in [0.29, 0.717) is 17.1 Å². The highest BCUT2D eigenvalue weighted by Crippen LogP contribution is 2.57. The molecule has 6 rings (SSSR count). The minimum atomic E-state index is -0.997. The van der Waals surface area contributed by atoms with Crippen molar-refractivity contribution in [3.8, 4) is 0 Å². The van der Waals surface area contributed by atoms with Crippen molar-refractivity contribution in [1.82, 2.24) is 4.98 Å². The molecule has 1 unspecified atom stereocenters. The minimum Gasteiger partial charge on any atom is -0.394 e. The summed E-state index contributed by atoms with van der Waals surface area (Å²) in [5.74, 6) is 3.04. The first-order chi connectivity index (χ1) is 15.0. The number of hydrogen-bond acceptors (Lipinski definition) is 5. The summed E-state index contributed by atoms with van der Waals surface area (Å²) in [5, 5.41) is 14.2. The van der Waals surface area contributed by atoms with Crippen LogP contribution in [0, 0.1) is 5.41 Å². The molecule has 1 aromatic heterocycles. The molecular weight excluding hydrogens is 430 g/mol. The highest BCUT2D eigenvalue weighted by molar-refractivity contribution is 7.85. The van der Waals surface area contributed by atoms with Crippen molar-refractivity contribution in [2.45, 2.75) is 54.9 Å². The molecular formula is C24H28ClN3O2S. The number of aryl methyl sites for hydroxylation is 1. The average molecular weight is 458 g/mol. The summed E-state index contributed by atoms with van der Waals surface area (Å²) >= 11 is 6.03. The fourth-order valence-electron chi connectivity index (χ4n) is 5.88. The van der Waals surface area contributed by atoms with Gasteiger partial charge < -0.3 is 15.3 Å². The molecule has 1 saturated heterocycles. The van der Waals surface area contributed by atoms with Crippen LogP contribution in [0.5, 0.6) is 0 Å². The largest absolute Gasteiger partial charge is 0.394 e. The molecule has 164 valence electrons. The molecule has 0 bridgehead atoms. The van der Waals surface area contributed by atoms with Crippen LogP contribution in [0.3, 0.4) is 0 Å². The Labute approximate surface area is 190 Å². The van der Waals surface area contributed by atoms with Crippen LogP contribution in [0.15, 0.2) is 35.2 Å². The molecule has 0 amide bonds. The zero-order valence-corrected chi connectivity index (χ0v) is 19.1. The van der Waals surface area contributed by atoms with E-state index in [1.165, 1.54) is 18.4 Å². The van der Waals surface area contributed by atoms with Gasteiger partial charge in [-0.3, -0.25) is 4.21 Å². The van der Waals surface area contributed by atoms with Crippen molar-refractivity contribution in [3.63, 3.8) is 0 Å². The molecule has 2 N–H and O–H groups in total. The van der Waals surface area contributed by atoms with Crippen LogP contribution in [0.4, 0.5) is 11.6 Å². The molecule has 3 heterocycles. The number of nitrogens with one attached hydrogen (secondary N) is 1. The summed E-state index contributed by atoms with van der Waals surface area (Å²) in [4.78, 5) is 8.18. The van der Waals surface area contributed by atoms with Crippen LogP contribution in [-0.4, -0.2) is 45.3 Å². The first-order valence-corrected chi connectivity index (χ1v) is 13.0. The molecule has 2 aromatic rings. The summed E-state index contributed by atoms with van der Waals surface area (Å²) in [6.07, 6.45) is 6.28. The van der Waals surface area contributed by atoms with Crippen molar-refractivity contribution in [1.29, 1.82) is 0 Å². The molecule has 4 aliphatic rings. The topological polar surface area (TPSA) is 65.5 Å². The normalized spacial score (nSPS) is 25.5. The standard InChI is InChI=1S/C24H28ClN3O2S/c25-19-4-2-16(3-5-19)18-11-23(12-18)13-28(14-23)20-10-17-6-9-31(30)21(17)22(26-20)27-24(15-29)7-1-8-24/h2-5,10,18,29H,1,6-9,11-15H2,(H,26,27). The number of benzene rings is 1. The number of aliphatic hydroxyl groups is 1. The molecule has 5 nitrogen and oxygen atoms in total. The summed E-state index contributed by atoms with van der Waals surface area (Å²) in [5.41, 5.74) is 2.67. The summed E-state index contributed by atoms with van der Waals surface area (Å²) in [7, 11) is -0.997. The second-order valence-corrected chi connectivity index (χ2v) is 12.0. The van der Waals surface area contributed by atoms with E-state index in [9.17, 15) is 9.32 Å². The maximum Gasteiger partial charge on any atom is 0.145 e. The molecule has 0 radical (unpaired) electrons. The summed E-state index contributed by atoms with van der Waals surface area (Å²) in [6, 6.07) is 10.5. The van der Waals surface area contributed by atoms with Crippen LogP contribution >= 0.6 is 11.6 Å². The van der Waals surface area contributed by atoms with Crippen molar-refractivity contribution >= 4 is 34.0 Å². The molecule has 1 spiro atoms. The van der Waals surface area contributed by atoms with Crippen LogP contribution in [-0.2, 0) is 17.2 Å². The third-order valence-corrected chi connectivity index (χ3v) is 9.63. The minimum absolute atomic E-state index is 0.0965. The van der Waals surface area contributed by atoms with E-state index in [1.54, 1.807) is 0 Å². The number of aromatic nitrogens is 1. The van der Waals surface area contributed by atoms with Gasteiger partial charge in [-0.05, 0) is 73.8 Å². The third kappa shape index (κ3) is 3.30. The van der Waals surface area contributed by atoms with Crippen LogP contribution < -0.4 is 10.2 Å². The highest BCUT2D eigenvalue weighted by Gasteiger charge is 2.53. The van der Waals surface area contributed by atoms with Gasteiger partial charge in [-0.15, -0.1) is 0 Å². The fraction of sp³-hybridized carbons (Fsp3) is 0.542. The Morgan fingerprint density at radius 1 is 1.23 bits per heavy atom. The molecule has 1 aromatic carbocycles. The second kappa shape index (κ2) is 7.19. The van der Waals surface area contributed by atoms with Gasteiger partial charge in [0, 0.05) is 29.3 Å². The van der Waals surface area contributed by atoms with Gasteiger partial charge in [0.2, 0.25) is 0 Å². The monoisotopic (exact) mass is 457 g/mol. The van der Waals surface area contributed by atoms with E-state index in [-0.39, 0.29) is 12.1 Å². The Balaban J connectivity index is 1.18. The predicted octanol–water partition coefficient (Wildman–Crippen LogP) is 4.11. The molecule has 31 heavy (non-hydrogen) atoms. The highest BCUT2D eigenvalue weighted by atomic mass is 35.5. The van der Waals surface area contributed by atoms with Crippen molar-refractivity contribution in [2.75, 3.05) is 35.7 Å². The van der Waals surface area contributed by atoms with E-state index in [0.717, 1.165) is 65.9 Å². The summed E-state index contributed by atoms with van der Waals surface area (Å²) in [6.45, 7) is 2.17. The lowest BCUT2D eigenvalue weighted by atomic mass is 9.56. The predicted molar refractivity (Wildman–Crippen MR) is 125 cm³/mol. The fourth-order valence-corrected chi connectivity index (χ4v) is 7.38. The number of fused-ring (bicyclic) bond motifs is 1. The SMILES string of the molecule is O=S1CCc2cc(N3CC4(CC(c5ccc(Cl)cc5)C4)C3)nc(NC3(CO)CCC3)c21. The van der Waals surface area contributed by atoms with E-state index in [2.05, 4.69) is 28.4 Å². The number of hydrogen-bond donors (Lipinski definition) is 2. The first-order valence-electron chi connectivity index (χ1n) is 11.3. The van der Waals surface area contributed by atoms with Crippen LogP contribution in [0.2, 0.25) is 5.02 Å². The average Bonchev–Trinajstić information content (AvgIpc) is 3.05. The summed E-state index contributed by atoms with van der Waals surface area (Å²) < 4.78 is 12.6. The van der Waals surface area contributed by atoms with Gasteiger partial charge in [0.15, 0.2) is 0 Å². The van der Waals surface area contributed by atoms with Crippen molar-refractivity contribution in [3.05, 3.63) is 46.5 Å². The van der Waals surface area contributed by atoms with Gasteiger partial charge in [0.25, 0.3) is 0 Å².